The van der Waals surface area contributed by atoms with E-state index in [1.54, 1.807) is 0 Å². The molecular weight excluding hydrogens is 338 g/mol. The van der Waals surface area contributed by atoms with Gasteiger partial charge in [0.25, 0.3) is 0 Å². The predicted molar refractivity (Wildman–Crippen MR) is 109 cm³/mol. The first-order valence-electron chi connectivity index (χ1n) is 9.69. The number of nitrogens with one attached hydrogen (secondary N) is 2. The molecule has 0 aliphatic carbocycles. The number of urea groups is 1. The molecular formula is C22H29N3O2. The van der Waals surface area contributed by atoms with Crippen LogP contribution in [0.4, 0.5) is 10.5 Å². The minimum Gasteiger partial charge on any atom is -0.489 e. The Balaban J connectivity index is 1.46. The lowest BCUT2D eigenvalue weighted by molar-refractivity contribution is 0.189. The molecule has 5 nitrogen and oxygen atoms in total. The third-order valence-corrected chi connectivity index (χ3v) is 4.67. The molecule has 1 saturated heterocycles. The summed E-state index contributed by atoms with van der Waals surface area (Å²) in [5.41, 5.74) is 2.04. The third kappa shape index (κ3) is 6.00. The zero-order valence-corrected chi connectivity index (χ0v) is 16.2. The monoisotopic (exact) mass is 367 g/mol. The first-order chi connectivity index (χ1) is 13.1. The van der Waals surface area contributed by atoms with E-state index in [0.717, 1.165) is 32.5 Å². The van der Waals surface area contributed by atoms with E-state index in [9.17, 15) is 4.79 Å². The largest absolute Gasteiger partial charge is 0.489 e. The molecule has 144 valence electrons. The van der Waals surface area contributed by atoms with Crippen LogP contribution in [0.5, 0.6) is 5.75 Å². The van der Waals surface area contributed by atoms with Crippen LogP contribution in [0, 0.1) is 0 Å². The van der Waals surface area contributed by atoms with Gasteiger partial charge in [0.2, 0.25) is 0 Å². The molecule has 0 bridgehead atoms. The molecule has 1 fully saturated rings. The summed E-state index contributed by atoms with van der Waals surface area (Å²) in [7, 11) is 0. The van der Waals surface area contributed by atoms with E-state index in [4.69, 9.17) is 4.74 Å². The Hall–Kier alpha value is -2.53. The van der Waals surface area contributed by atoms with Gasteiger partial charge in [0.05, 0.1) is 11.8 Å². The summed E-state index contributed by atoms with van der Waals surface area (Å²) < 4.78 is 5.76. The summed E-state index contributed by atoms with van der Waals surface area (Å²) in [6.07, 6.45) is 1.99. The van der Waals surface area contributed by atoms with Crippen LogP contribution in [-0.2, 0) is 6.54 Å². The number of amides is 2. The lowest BCUT2D eigenvalue weighted by Crippen LogP contribution is -2.45. The number of carbonyl (C=O) groups is 1. The van der Waals surface area contributed by atoms with Crippen LogP contribution < -0.4 is 15.4 Å². The highest BCUT2D eigenvalue weighted by atomic mass is 16.5. The van der Waals surface area contributed by atoms with Gasteiger partial charge in [-0.3, -0.25) is 4.90 Å². The molecule has 0 unspecified atom stereocenters. The van der Waals surface area contributed by atoms with E-state index < -0.39 is 0 Å². The maximum atomic E-state index is 12.4. The van der Waals surface area contributed by atoms with Crippen molar-refractivity contribution in [3.8, 4) is 5.75 Å². The second-order valence-electron chi connectivity index (χ2n) is 7.30. The summed E-state index contributed by atoms with van der Waals surface area (Å²) in [6, 6.07) is 18.1. The van der Waals surface area contributed by atoms with Gasteiger partial charge < -0.3 is 15.4 Å². The van der Waals surface area contributed by atoms with Crippen molar-refractivity contribution < 1.29 is 9.53 Å². The zero-order chi connectivity index (χ0) is 19.1. The summed E-state index contributed by atoms with van der Waals surface area (Å²) >= 11 is 0. The van der Waals surface area contributed by atoms with E-state index in [2.05, 4.69) is 39.8 Å². The molecule has 0 atom stereocenters. The maximum Gasteiger partial charge on any atom is 0.319 e. The van der Waals surface area contributed by atoms with Gasteiger partial charge in [0.1, 0.15) is 5.75 Å². The van der Waals surface area contributed by atoms with E-state index in [-0.39, 0.29) is 18.2 Å². The Morgan fingerprint density at radius 1 is 1.07 bits per heavy atom. The van der Waals surface area contributed by atoms with Crippen molar-refractivity contribution in [2.45, 2.75) is 45.4 Å². The van der Waals surface area contributed by atoms with Crippen LogP contribution >= 0.6 is 0 Å². The minimum atomic E-state index is -0.170. The van der Waals surface area contributed by atoms with Crippen molar-refractivity contribution in [2.75, 3.05) is 18.4 Å². The van der Waals surface area contributed by atoms with Gasteiger partial charge in [-0.05, 0) is 44.4 Å². The van der Waals surface area contributed by atoms with Crippen LogP contribution in [0.3, 0.4) is 0 Å². The van der Waals surface area contributed by atoms with Gasteiger partial charge in [-0.15, -0.1) is 0 Å². The summed E-state index contributed by atoms with van der Waals surface area (Å²) in [4.78, 5) is 14.8. The number of benzene rings is 2. The molecule has 1 heterocycles. The number of para-hydroxylation sites is 2. The summed E-state index contributed by atoms with van der Waals surface area (Å²) in [6.45, 7) is 6.90. The average molecular weight is 367 g/mol. The molecule has 2 aromatic carbocycles. The van der Waals surface area contributed by atoms with Gasteiger partial charge in [-0.25, -0.2) is 4.79 Å². The molecule has 3 rings (SSSR count). The molecule has 1 aliphatic rings. The van der Waals surface area contributed by atoms with Crippen LogP contribution in [0.1, 0.15) is 32.3 Å². The van der Waals surface area contributed by atoms with Crippen LogP contribution in [0.25, 0.3) is 0 Å². The molecule has 0 saturated carbocycles. The standard InChI is InChI=1S/C22H29N3O2/c1-17(2)27-21-11-7-6-10-20(21)24-22(26)23-19-12-14-25(15-13-19)16-18-8-4-3-5-9-18/h3-11,17,19H,12-16H2,1-2H3,(H2,23,24,26). The Morgan fingerprint density at radius 3 is 2.44 bits per heavy atom. The van der Waals surface area contributed by atoms with Gasteiger partial charge >= 0.3 is 6.03 Å². The molecule has 1 aliphatic heterocycles. The molecule has 0 aromatic heterocycles. The second-order valence-corrected chi connectivity index (χ2v) is 7.30. The fourth-order valence-electron chi connectivity index (χ4n) is 3.35. The number of anilines is 1. The lowest BCUT2D eigenvalue weighted by Gasteiger charge is -2.32. The summed E-state index contributed by atoms with van der Waals surface area (Å²) in [5.74, 6) is 0.695. The predicted octanol–water partition coefficient (Wildman–Crippen LogP) is 4.26. The van der Waals surface area contributed by atoms with Gasteiger partial charge in [0, 0.05) is 25.7 Å². The molecule has 27 heavy (non-hydrogen) atoms. The SMILES string of the molecule is CC(C)Oc1ccccc1NC(=O)NC1CCN(Cc2ccccc2)CC1. The van der Waals surface area contributed by atoms with Crippen molar-refractivity contribution >= 4 is 11.7 Å². The summed E-state index contributed by atoms with van der Waals surface area (Å²) in [5, 5.41) is 6.03. The number of hydrogen-bond donors (Lipinski definition) is 2. The van der Waals surface area contributed by atoms with E-state index in [1.165, 1.54) is 5.56 Å². The van der Waals surface area contributed by atoms with Crippen molar-refractivity contribution in [1.82, 2.24) is 10.2 Å². The van der Waals surface area contributed by atoms with Crippen molar-refractivity contribution in [2.24, 2.45) is 0 Å². The number of piperidine rings is 1. The molecule has 2 N–H and O–H groups in total. The molecule has 2 aromatic rings. The van der Waals surface area contributed by atoms with Crippen molar-refractivity contribution in [1.29, 1.82) is 0 Å². The Labute approximate surface area is 161 Å². The Bertz CT molecular complexity index is 725. The van der Waals surface area contributed by atoms with Crippen LogP contribution in [-0.4, -0.2) is 36.2 Å². The minimum absolute atomic E-state index is 0.0601. The van der Waals surface area contributed by atoms with Gasteiger partial charge in [-0.2, -0.15) is 0 Å². The molecule has 2 amide bonds. The van der Waals surface area contributed by atoms with E-state index in [0.29, 0.717) is 11.4 Å². The molecule has 0 spiro atoms. The maximum absolute atomic E-state index is 12.4. The van der Waals surface area contributed by atoms with Crippen molar-refractivity contribution in [3.63, 3.8) is 0 Å². The van der Waals surface area contributed by atoms with Gasteiger partial charge in [0.15, 0.2) is 0 Å². The zero-order valence-electron chi connectivity index (χ0n) is 16.2. The van der Waals surface area contributed by atoms with E-state index in [1.807, 2.05) is 44.2 Å². The smallest absolute Gasteiger partial charge is 0.319 e. The molecule has 0 radical (unpaired) electrons. The highest BCUT2D eigenvalue weighted by Crippen LogP contribution is 2.25. The van der Waals surface area contributed by atoms with Crippen molar-refractivity contribution in [3.05, 3.63) is 60.2 Å². The number of nitrogens with zero attached hydrogens (tertiary/aromatic N) is 1. The highest BCUT2D eigenvalue weighted by Gasteiger charge is 2.21. The number of rotatable bonds is 6. The average Bonchev–Trinajstić information content (AvgIpc) is 2.65. The van der Waals surface area contributed by atoms with E-state index >= 15 is 0 Å². The van der Waals surface area contributed by atoms with Crippen LogP contribution in [0.2, 0.25) is 0 Å². The topological polar surface area (TPSA) is 53.6 Å². The molecule has 5 heteroatoms. The second kappa shape index (κ2) is 9.42. The lowest BCUT2D eigenvalue weighted by atomic mass is 10.0. The fourth-order valence-corrected chi connectivity index (χ4v) is 3.35. The fraction of sp³-hybridized carbons (Fsp3) is 0.409. The number of likely N-dealkylation sites (tertiary alicyclic amines) is 1. The quantitative estimate of drug-likeness (QED) is 0.802. The first-order valence-corrected chi connectivity index (χ1v) is 9.69. The number of hydrogen-bond acceptors (Lipinski definition) is 3. The number of carbonyl (C=O) groups excluding carboxylic acids is 1. The highest BCUT2D eigenvalue weighted by molar-refractivity contribution is 5.91. The number of ether oxygens (including phenoxy) is 1. The Morgan fingerprint density at radius 2 is 1.74 bits per heavy atom. The van der Waals surface area contributed by atoms with Crippen LogP contribution in [0.15, 0.2) is 54.6 Å². The third-order valence-electron chi connectivity index (χ3n) is 4.67. The Kier molecular flexibility index (Phi) is 6.71. The first kappa shape index (κ1) is 19.2. The normalized spacial score (nSPS) is 15.5. The van der Waals surface area contributed by atoms with Gasteiger partial charge in [-0.1, -0.05) is 42.5 Å².